The van der Waals surface area contributed by atoms with Gasteiger partial charge >= 0.3 is 0 Å². The summed E-state index contributed by atoms with van der Waals surface area (Å²) >= 11 is 0. The molecule has 20 heavy (non-hydrogen) atoms. The van der Waals surface area contributed by atoms with Crippen molar-refractivity contribution in [3.05, 3.63) is 29.8 Å². The molecule has 1 amide bonds. The first-order valence-corrected chi connectivity index (χ1v) is 7.74. The molecule has 0 atom stereocenters. The van der Waals surface area contributed by atoms with Crippen LogP contribution in [0.25, 0.3) is 0 Å². The molecule has 1 aromatic carbocycles. The molecule has 0 radical (unpaired) electrons. The molecule has 0 aliphatic heterocycles. The molecule has 1 aromatic rings. The summed E-state index contributed by atoms with van der Waals surface area (Å²) in [6.45, 7) is 4.14. The van der Waals surface area contributed by atoms with E-state index in [9.17, 15) is 13.2 Å². The second kappa shape index (κ2) is 7.37. The molecule has 0 saturated carbocycles. The molecule has 0 aliphatic rings. The summed E-state index contributed by atoms with van der Waals surface area (Å²) in [6, 6.07) is 5.91. The van der Waals surface area contributed by atoms with Crippen molar-refractivity contribution in [1.82, 2.24) is 10.0 Å². The number of sulfonamides is 1. The molecule has 0 spiro atoms. The zero-order valence-corrected chi connectivity index (χ0v) is 12.7. The minimum Gasteiger partial charge on any atom is -0.383 e. The molecule has 0 bridgehead atoms. The van der Waals surface area contributed by atoms with Gasteiger partial charge in [0.1, 0.15) is 0 Å². The van der Waals surface area contributed by atoms with E-state index in [1.807, 2.05) is 13.8 Å². The number of methoxy groups -OCH3 is 1. The van der Waals surface area contributed by atoms with Crippen molar-refractivity contribution in [2.45, 2.75) is 24.8 Å². The Balaban J connectivity index is 2.89. The van der Waals surface area contributed by atoms with Crippen LogP contribution in [0, 0.1) is 0 Å². The standard InChI is InChI=1S/C13H20N2O4S/c1-10(2)15-13(16)11-5-4-6-12(9-11)20(17,18)14-7-8-19-3/h4-6,9-10,14H,7-8H2,1-3H3,(H,15,16). The summed E-state index contributed by atoms with van der Waals surface area (Å²) < 4.78 is 31.2. The van der Waals surface area contributed by atoms with E-state index in [2.05, 4.69) is 10.0 Å². The molecule has 112 valence electrons. The number of carbonyl (C=O) groups is 1. The predicted octanol–water partition coefficient (Wildman–Crippen LogP) is 0.749. The lowest BCUT2D eigenvalue weighted by molar-refractivity contribution is 0.0943. The minimum absolute atomic E-state index is 0.0115. The number of hydrogen-bond acceptors (Lipinski definition) is 4. The molecule has 7 heteroatoms. The average Bonchev–Trinajstić information content (AvgIpc) is 2.38. The molecular weight excluding hydrogens is 280 g/mol. The van der Waals surface area contributed by atoms with Crippen molar-refractivity contribution in [2.75, 3.05) is 20.3 Å². The van der Waals surface area contributed by atoms with E-state index in [0.717, 1.165) is 0 Å². The lowest BCUT2D eigenvalue weighted by atomic mass is 10.2. The zero-order chi connectivity index (χ0) is 15.2. The molecule has 0 fully saturated rings. The second-order valence-electron chi connectivity index (χ2n) is 4.55. The van der Waals surface area contributed by atoms with E-state index >= 15 is 0 Å². The van der Waals surface area contributed by atoms with Crippen LogP contribution in [0.2, 0.25) is 0 Å². The molecule has 0 unspecified atom stereocenters. The van der Waals surface area contributed by atoms with E-state index < -0.39 is 10.0 Å². The summed E-state index contributed by atoms with van der Waals surface area (Å²) in [4.78, 5) is 11.9. The first-order valence-electron chi connectivity index (χ1n) is 6.26. The quantitative estimate of drug-likeness (QED) is 0.728. The topological polar surface area (TPSA) is 84.5 Å². The molecule has 6 nitrogen and oxygen atoms in total. The van der Waals surface area contributed by atoms with Crippen molar-refractivity contribution in [3.8, 4) is 0 Å². The van der Waals surface area contributed by atoms with Crippen LogP contribution in [0.5, 0.6) is 0 Å². The lowest BCUT2D eigenvalue weighted by Crippen LogP contribution is -2.31. The van der Waals surface area contributed by atoms with Gasteiger partial charge in [0.25, 0.3) is 5.91 Å². The number of benzene rings is 1. The smallest absolute Gasteiger partial charge is 0.251 e. The van der Waals surface area contributed by atoms with Crippen molar-refractivity contribution in [3.63, 3.8) is 0 Å². The fourth-order valence-corrected chi connectivity index (χ4v) is 2.57. The largest absolute Gasteiger partial charge is 0.383 e. The summed E-state index contributed by atoms with van der Waals surface area (Å²) in [5.74, 6) is -0.297. The highest BCUT2D eigenvalue weighted by atomic mass is 32.2. The Morgan fingerprint density at radius 2 is 2.05 bits per heavy atom. The molecule has 0 aromatic heterocycles. The Morgan fingerprint density at radius 3 is 2.65 bits per heavy atom. The lowest BCUT2D eigenvalue weighted by Gasteiger charge is -2.10. The monoisotopic (exact) mass is 300 g/mol. The zero-order valence-electron chi connectivity index (χ0n) is 11.8. The van der Waals surface area contributed by atoms with Gasteiger partial charge in [0.15, 0.2) is 0 Å². The van der Waals surface area contributed by atoms with Gasteiger partial charge in [-0.1, -0.05) is 6.07 Å². The fourth-order valence-electron chi connectivity index (χ4n) is 1.51. The summed E-state index contributed by atoms with van der Waals surface area (Å²) in [7, 11) is -2.14. The van der Waals surface area contributed by atoms with Crippen molar-refractivity contribution < 1.29 is 17.9 Å². The van der Waals surface area contributed by atoms with Gasteiger partial charge in [-0.2, -0.15) is 0 Å². The van der Waals surface area contributed by atoms with E-state index in [-0.39, 0.29) is 30.0 Å². The van der Waals surface area contributed by atoms with Crippen molar-refractivity contribution >= 4 is 15.9 Å². The number of ether oxygens (including phenoxy) is 1. The number of carbonyl (C=O) groups excluding carboxylic acids is 1. The Bertz CT molecular complexity index is 555. The van der Waals surface area contributed by atoms with E-state index in [0.29, 0.717) is 5.56 Å². The van der Waals surface area contributed by atoms with Crippen LogP contribution in [0.15, 0.2) is 29.2 Å². The third-order valence-electron chi connectivity index (χ3n) is 2.42. The first kappa shape index (κ1) is 16.6. The molecule has 0 aliphatic carbocycles. The highest BCUT2D eigenvalue weighted by molar-refractivity contribution is 7.89. The molecule has 1 rings (SSSR count). The maximum atomic E-state index is 12.0. The molecular formula is C13H20N2O4S. The number of amides is 1. The molecule has 2 N–H and O–H groups in total. The van der Waals surface area contributed by atoms with Gasteiger partial charge in [0.05, 0.1) is 11.5 Å². The van der Waals surface area contributed by atoms with Gasteiger partial charge in [0, 0.05) is 25.3 Å². The van der Waals surface area contributed by atoms with Gasteiger partial charge in [0.2, 0.25) is 10.0 Å². The van der Waals surface area contributed by atoms with Crippen LogP contribution < -0.4 is 10.0 Å². The van der Waals surface area contributed by atoms with Crippen LogP contribution in [0.1, 0.15) is 24.2 Å². The Hall–Kier alpha value is -1.44. The maximum Gasteiger partial charge on any atom is 0.251 e. The number of nitrogens with one attached hydrogen (secondary N) is 2. The summed E-state index contributed by atoms with van der Waals surface area (Å²) in [5, 5.41) is 2.72. The number of rotatable bonds is 7. The average molecular weight is 300 g/mol. The van der Waals surface area contributed by atoms with Crippen molar-refractivity contribution in [1.29, 1.82) is 0 Å². The molecule has 0 saturated heterocycles. The second-order valence-corrected chi connectivity index (χ2v) is 6.31. The minimum atomic E-state index is -3.63. The highest BCUT2D eigenvalue weighted by Gasteiger charge is 2.16. The SMILES string of the molecule is COCCNS(=O)(=O)c1cccc(C(=O)NC(C)C)c1. The number of hydrogen-bond donors (Lipinski definition) is 2. The van der Waals surface area contributed by atoms with E-state index in [4.69, 9.17) is 4.74 Å². The van der Waals surface area contributed by atoms with Crippen LogP contribution in [-0.4, -0.2) is 40.6 Å². The van der Waals surface area contributed by atoms with Gasteiger partial charge in [-0.25, -0.2) is 13.1 Å². The normalized spacial score (nSPS) is 11.6. The van der Waals surface area contributed by atoms with Gasteiger partial charge in [-0.15, -0.1) is 0 Å². The summed E-state index contributed by atoms with van der Waals surface area (Å²) in [5.41, 5.74) is 0.313. The molecule has 0 heterocycles. The predicted molar refractivity (Wildman–Crippen MR) is 76.1 cm³/mol. The Labute approximate surface area is 119 Å². The third-order valence-corrected chi connectivity index (χ3v) is 3.88. The van der Waals surface area contributed by atoms with Gasteiger partial charge < -0.3 is 10.1 Å². The first-order chi connectivity index (χ1) is 9.36. The van der Waals surface area contributed by atoms with Crippen LogP contribution in [-0.2, 0) is 14.8 Å². The Morgan fingerprint density at radius 1 is 1.35 bits per heavy atom. The Kier molecular flexibility index (Phi) is 6.12. The van der Waals surface area contributed by atoms with Gasteiger partial charge in [-0.3, -0.25) is 4.79 Å². The van der Waals surface area contributed by atoms with Crippen LogP contribution in [0.4, 0.5) is 0 Å². The van der Waals surface area contributed by atoms with E-state index in [1.165, 1.54) is 19.2 Å². The highest BCUT2D eigenvalue weighted by Crippen LogP contribution is 2.11. The van der Waals surface area contributed by atoms with Crippen LogP contribution >= 0.6 is 0 Å². The third kappa shape index (κ3) is 4.92. The van der Waals surface area contributed by atoms with E-state index in [1.54, 1.807) is 12.1 Å². The fraction of sp³-hybridized carbons (Fsp3) is 0.462. The summed E-state index contributed by atoms with van der Waals surface area (Å²) in [6.07, 6.45) is 0. The van der Waals surface area contributed by atoms with Crippen molar-refractivity contribution in [2.24, 2.45) is 0 Å². The van der Waals surface area contributed by atoms with Crippen LogP contribution in [0.3, 0.4) is 0 Å². The van der Waals surface area contributed by atoms with Gasteiger partial charge in [-0.05, 0) is 32.0 Å². The maximum absolute atomic E-state index is 12.0.